The summed E-state index contributed by atoms with van der Waals surface area (Å²) < 4.78 is 1.10. The maximum Gasteiger partial charge on any atom is 0.124 e. The zero-order valence-corrected chi connectivity index (χ0v) is 14.0. The van der Waals surface area contributed by atoms with Crippen molar-refractivity contribution in [3.8, 4) is 21.8 Å². The molecule has 1 aromatic heterocycles. The van der Waals surface area contributed by atoms with Crippen LogP contribution in [0.2, 0.25) is 0 Å². The highest BCUT2D eigenvalue weighted by Gasteiger charge is 2.25. The maximum absolute atomic E-state index is 4.93. The van der Waals surface area contributed by atoms with E-state index in [-0.39, 0.29) is 0 Å². The van der Waals surface area contributed by atoms with Gasteiger partial charge in [0.25, 0.3) is 0 Å². The van der Waals surface area contributed by atoms with Gasteiger partial charge in [-0.25, -0.2) is 4.98 Å². The second kappa shape index (κ2) is 5.08. The number of hydrogen-bond donors (Lipinski definition) is 0. The van der Waals surface area contributed by atoms with Gasteiger partial charge in [-0.05, 0) is 30.0 Å². The van der Waals surface area contributed by atoms with Gasteiger partial charge in [0.15, 0.2) is 0 Å². The van der Waals surface area contributed by atoms with Crippen LogP contribution in [0.4, 0.5) is 0 Å². The molecule has 0 fully saturated rings. The molecule has 1 atom stereocenters. The Morgan fingerprint density at radius 1 is 1.10 bits per heavy atom. The second-order valence-corrected chi connectivity index (χ2v) is 7.49. The van der Waals surface area contributed by atoms with E-state index >= 15 is 0 Å². The molecular formula is C18H14BrNS. The molecule has 0 bridgehead atoms. The molecule has 104 valence electrons. The first kappa shape index (κ1) is 13.2. The average Bonchev–Trinajstić information content (AvgIpc) is 2.92. The van der Waals surface area contributed by atoms with Crippen molar-refractivity contribution >= 4 is 27.3 Å². The van der Waals surface area contributed by atoms with E-state index in [1.807, 2.05) is 11.3 Å². The minimum atomic E-state index is 0.576. The fourth-order valence-electron chi connectivity index (χ4n) is 2.95. The topological polar surface area (TPSA) is 12.9 Å². The number of fused-ring (bicyclic) bond motifs is 3. The van der Waals surface area contributed by atoms with Crippen LogP contribution in [0.5, 0.6) is 0 Å². The summed E-state index contributed by atoms with van der Waals surface area (Å²) in [6, 6.07) is 17.1. The van der Waals surface area contributed by atoms with E-state index in [1.165, 1.54) is 27.3 Å². The van der Waals surface area contributed by atoms with Gasteiger partial charge >= 0.3 is 0 Å². The number of hydrogen-bond acceptors (Lipinski definition) is 2. The molecule has 1 aliphatic carbocycles. The minimum Gasteiger partial charge on any atom is -0.236 e. The van der Waals surface area contributed by atoms with Gasteiger partial charge in [0, 0.05) is 20.5 Å². The Bertz CT molecular complexity index is 804. The van der Waals surface area contributed by atoms with Crippen LogP contribution in [0.15, 0.2) is 53.0 Å². The van der Waals surface area contributed by atoms with Crippen LogP contribution in [-0.4, -0.2) is 4.98 Å². The van der Waals surface area contributed by atoms with Crippen molar-refractivity contribution in [2.75, 3.05) is 0 Å². The SMILES string of the molecule is CC1Cc2sc(-c3ccc(Br)cc3)nc2-c2ccccc21. The summed E-state index contributed by atoms with van der Waals surface area (Å²) in [6.07, 6.45) is 1.10. The van der Waals surface area contributed by atoms with Crippen molar-refractivity contribution in [2.45, 2.75) is 19.3 Å². The average molecular weight is 356 g/mol. The number of thiazole rings is 1. The molecule has 1 heterocycles. The zero-order chi connectivity index (χ0) is 14.4. The monoisotopic (exact) mass is 355 g/mol. The number of benzene rings is 2. The van der Waals surface area contributed by atoms with Crippen molar-refractivity contribution < 1.29 is 0 Å². The van der Waals surface area contributed by atoms with Crippen LogP contribution in [0, 0.1) is 0 Å². The largest absolute Gasteiger partial charge is 0.236 e. The predicted octanol–water partition coefficient (Wildman–Crippen LogP) is 5.90. The molecule has 4 rings (SSSR count). The van der Waals surface area contributed by atoms with E-state index < -0.39 is 0 Å². The number of halogens is 1. The van der Waals surface area contributed by atoms with Gasteiger partial charge in [-0.3, -0.25) is 0 Å². The van der Waals surface area contributed by atoms with Gasteiger partial charge in [-0.1, -0.05) is 59.3 Å². The Kier molecular flexibility index (Phi) is 3.20. The minimum absolute atomic E-state index is 0.576. The molecule has 3 aromatic rings. The molecule has 0 radical (unpaired) electrons. The summed E-state index contributed by atoms with van der Waals surface area (Å²) in [5.41, 5.74) is 5.12. The normalized spacial score (nSPS) is 16.4. The third-order valence-corrected chi connectivity index (χ3v) is 5.68. The number of nitrogens with zero attached hydrogens (tertiary/aromatic N) is 1. The quantitative estimate of drug-likeness (QED) is 0.529. The van der Waals surface area contributed by atoms with Crippen LogP contribution < -0.4 is 0 Å². The van der Waals surface area contributed by atoms with E-state index in [2.05, 4.69) is 71.4 Å². The standard InChI is InChI=1S/C18H14BrNS/c1-11-10-16-17(15-5-3-2-4-14(11)15)20-18(21-16)12-6-8-13(19)9-7-12/h2-9,11H,10H2,1H3. The van der Waals surface area contributed by atoms with E-state index in [4.69, 9.17) is 4.98 Å². The van der Waals surface area contributed by atoms with Gasteiger partial charge < -0.3 is 0 Å². The summed E-state index contributed by atoms with van der Waals surface area (Å²) >= 11 is 5.32. The molecule has 1 aliphatic rings. The third-order valence-electron chi connectivity index (χ3n) is 4.03. The van der Waals surface area contributed by atoms with Gasteiger partial charge in [-0.15, -0.1) is 11.3 Å². The maximum atomic E-state index is 4.93. The van der Waals surface area contributed by atoms with Gasteiger partial charge in [-0.2, -0.15) is 0 Å². The van der Waals surface area contributed by atoms with Crippen molar-refractivity contribution in [3.63, 3.8) is 0 Å². The molecule has 1 nitrogen and oxygen atoms in total. The Hall–Kier alpha value is -1.45. The van der Waals surface area contributed by atoms with Crippen LogP contribution in [0.25, 0.3) is 21.8 Å². The highest BCUT2D eigenvalue weighted by molar-refractivity contribution is 9.10. The van der Waals surface area contributed by atoms with Crippen LogP contribution in [0.3, 0.4) is 0 Å². The summed E-state index contributed by atoms with van der Waals surface area (Å²) in [5, 5.41) is 1.12. The molecule has 0 N–H and O–H groups in total. The first-order valence-corrected chi connectivity index (χ1v) is 8.68. The van der Waals surface area contributed by atoms with Crippen LogP contribution in [0.1, 0.15) is 23.3 Å². The Morgan fingerprint density at radius 2 is 1.86 bits per heavy atom. The van der Waals surface area contributed by atoms with E-state index in [0.717, 1.165) is 15.9 Å². The molecule has 21 heavy (non-hydrogen) atoms. The summed E-state index contributed by atoms with van der Waals surface area (Å²) in [5.74, 6) is 0.576. The third kappa shape index (κ3) is 2.25. The lowest BCUT2D eigenvalue weighted by Gasteiger charge is -2.21. The van der Waals surface area contributed by atoms with Gasteiger partial charge in [0.2, 0.25) is 0 Å². The van der Waals surface area contributed by atoms with Crippen LogP contribution >= 0.6 is 27.3 Å². The molecule has 0 saturated heterocycles. The highest BCUT2D eigenvalue weighted by atomic mass is 79.9. The summed E-state index contributed by atoms with van der Waals surface area (Å²) in [6.45, 7) is 2.31. The van der Waals surface area contributed by atoms with Crippen molar-refractivity contribution in [3.05, 3.63) is 63.4 Å². The van der Waals surface area contributed by atoms with Crippen molar-refractivity contribution in [1.82, 2.24) is 4.98 Å². The summed E-state index contributed by atoms with van der Waals surface area (Å²) in [4.78, 5) is 6.35. The van der Waals surface area contributed by atoms with Crippen LogP contribution in [-0.2, 0) is 6.42 Å². The van der Waals surface area contributed by atoms with E-state index in [1.54, 1.807) is 0 Å². The Morgan fingerprint density at radius 3 is 2.67 bits per heavy atom. The fraction of sp³-hybridized carbons (Fsp3) is 0.167. The Labute approximate surface area is 136 Å². The molecule has 0 aliphatic heterocycles. The molecular weight excluding hydrogens is 342 g/mol. The first-order chi connectivity index (χ1) is 10.2. The molecule has 2 aromatic carbocycles. The predicted molar refractivity (Wildman–Crippen MR) is 92.8 cm³/mol. The lowest BCUT2D eigenvalue weighted by molar-refractivity contribution is 0.757. The van der Waals surface area contributed by atoms with Crippen molar-refractivity contribution in [1.29, 1.82) is 0 Å². The zero-order valence-electron chi connectivity index (χ0n) is 11.6. The van der Waals surface area contributed by atoms with Crippen molar-refractivity contribution in [2.24, 2.45) is 0 Å². The van der Waals surface area contributed by atoms with E-state index in [0.29, 0.717) is 5.92 Å². The van der Waals surface area contributed by atoms with Gasteiger partial charge in [0.05, 0.1) is 5.69 Å². The second-order valence-electron chi connectivity index (χ2n) is 5.49. The molecule has 3 heteroatoms. The Balaban J connectivity index is 1.86. The smallest absolute Gasteiger partial charge is 0.124 e. The molecule has 1 unspecified atom stereocenters. The number of aromatic nitrogens is 1. The lowest BCUT2D eigenvalue weighted by atomic mass is 9.86. The first-order valence-electron chi connectivity index (χ1n) is 7.07. The molecule has 0 spiro atoms. The molecule has 0 saturated carbocycles. The molecule has 0 amide bonds. The highest BCUT2D eigenvalue weighted by Crippen LogP contribution is 2.43. The number of rotatable bonds is 1. The lowest BCUT2D eigenvalue weighted by Crippen LogP contribution is -2.06. The fourth-order valence-corrected chi connectivity index (χ4v) is 4.42. The van der Waals surface area contributed by atoms with Gasteiger partial charge in [0.1, 0.15) is 5.01 Å². The van der Waals surface area contributed by atoms with E-state index in [9.17, 15) is 0 Å². The summed E-state index contributed by atoms with van der Waals surface area (Å²) in [7, 11) is 0.